The minimum atomic E-state index is -4.63. The number of hydroxylamine groups is 3. The van der Waals surface area contributed by atoms with Crippen LogP contribution in [0.4, 0.5) is 0 Å². The minimum absolute atomic E-state index is 0.0864. The molecule has 0 aliphatic carbocycles. The lowest BCUT2D eigenvalue weighted by Gasteiger charge is -2.41. The van der Waals surface area contributed by atoms with E-state index in [0.717, 1.165) is 0 Å². The fourth-order valence-corrected chi connectivity index (χ4v) is 2.37. The van der Waals surface area contributed by atoms with Crippen molar-refractivity contribution in [1.29, 1.82) is 0 Å². The van der Waals surface area contributed by atoms with Gasteiger partial charge in [0.05, 0.1) is 6.54 Å². The highest BCUT2D eigenvalue weighted by molar-refractivity contribution is 7.51. The van der Waals surface area contributed by atoms with Crippen LogP contribution in [0.2, 0.25) is 0 Å². The quantitative estimate of drug-likeness (QED) is 0.196. The standard InChI is InChI=1S/C8H16NO8P/c10-7(11)3-1-2-4-9(14,5-8(12)13)6-18(15,16)17/h1-6H2,(H,10,11)(H,12,13)(H2,15,16,17). The van der Waals surface area contributed by atoms with Gasteiger partial charge in [0.1, 0.15) is 0 Å². The zero-order valence-corrected chi connectivity index (χ0v) is 10.5. The molecule has 0 aromatic carbocycles. The first-order chi connectivity index (χ1) is 8.04. The Morgan fingerprint density at radius 2 is 1.67 bits per heavy atom. The van der Waals surface area contributed by atoms with E-state index >= 15 is 0 Å². The summed E-state index contributed by atoms with van der Waals surface area (Å²) in [4.78, 5) is 38.1. The molecule has 0 saturated carbocycles. The van der Waals surface area contributed by atoms with Crippen molar-refractivity contribution in [1.82, 2.24) is 0 Å². The maximum absolute atomic E-state index is 11.9. The van der Waals surface area contributed by atoms with Gasteiger partial charge < -0.3 is 29.9 Å². The molecule has 4 N–H and O–H groups in total. The molecule has 0 amide bonds. The molecule has 0 saturated heterocycles. The Bertz CT molecular complexity index is 353. The van der Waals surface area contributed by atoms with E-state index in [-0.39, 0.29) is 25.8 Å². The number of carboxylic acids is 2. The lowest BCUT2D eigenvalue weighted by molar-refractivity contribution is -0.863. The Morgan fingerprint density at radius 1 is 1.11 bits per heavy atom. The molecular weight excluding hydrogens is 269 g/mol. The molecule has 0 aliphatic rings. The molecule has 10 heteroatoms. The fraction of sp³-hybridized carbons (Fsp3) is 0.750. The van der Waals surface area contributed by atoms with E-state index in [1.807, 2.05) is 0 Å². The van der Waals surface area contributed by atoms with Crippen LogP contribution in [-0.2, 0) is 14.2 Å². The molecule has 0 rings (SSSR count). The fourth-order valence-electron chi connectivity index (χ4n) is 1.46. The summed E-state index contributed by atoms with van der Waals surface area (Å²) in [7, 11) is -4.63. The first-order valence-electron chi connectivity index (χ1n) is 5.09. The Hall–Kier alpha value is -0.990. The molecule has 0 fully saturated rings. The van der Waals surface area contributed by atoms with E-state index in [4.69, 9.17) is 20.0 Å². The lowest BCUT2D eigenvalue weighted by atomic mass is 10.2. The SMILES string of the molecule is O=C(O)CCCC[N+]([O-])(CC(=O)O)CP(=O)(O)O. The Labute approximate surface area is 103 Å². The van der Waals surface area contributed by atoms with Gasteiger partial charge in [0.2, 0.25) is 0 Å². The summed E-state index contributed by atoms with van der Waals surface area (Å²) in [6.45, 7) is -1.30. The topological polar surface area (TPSA) is 155 Å². The van der Waals surface area contributed by atoms with Crippen molar-refractivity contribution in [2.24, 2.45) is 0 Å². The van der Waals surface area contributed by atoms with Crippen molar-refractivity contribution in [3.8, 4) is 0 Å². The number of carbonyl (C=O) groups is 2. The second kappa shape index (κ2) is 6.81. The molecule has 0 bridgehead atoms. The van der Waals surface area contributed by atoms with E-state index < -0.39 is 37.0 Å². The van der Waals surface area contributed by atoms with Gasteiger partial charge in [0.15, 0.2) is 12.8 Å². The smallest absolute Gasteiger partial charge is 0.379 e. The van der Waals surface area contributed by atoms with Crippen LogP contribution in [-0.4, -0.2) is 56.0 Å². The molecular formula is C8H16NO8P. The van der Waals surface area contributed by atoms with Gasteiger partial charge in [-0.3, -0.25) is 9.36 Å². The Morgan fingerprint density at radius 3 is 2.06 bits per heavy atom. The summed E-state index contributed by atoms with van der Waals surface area (Å²) in [6, 6.07) is 0. The number of quaternary nitrogens is 1. The second-order valence-corrected chi connectivity index (χ2v) is 5.60. The Balaban J connectivity index is 4.43. The predicted octanol–water partition coefficient (Wildman–Crippen LogP) is -0.224. The van der Waals surface area contributed by atoms with Gasteiger partial charge in [-0.05, 0) is 12.8 Å². The third kappa shape index (κ3) is 9.08. The maximum atomic E-state index is 11.9. The molecule has 0 aromatic heterocycles. The van der Waals surface area contributed by atoms with Gasteiger partial charge in [0, 0.05) is 6.42 Å². The van der Waals surface area contributed by atoms with Gasteiger partial charge in [0.25, 0.3) is 0 Å². The van der Waals surface area contributed by atoms with Gasteiger partial charge in [-0.15, -0.1) is 0 Å². The summed E-state index contributed by atoms with van der Waals surface area (Å²) in [6.07, 6.45) is -1.06. The summed E-state index contributed by atoms with van der Waals surface area (Å²) < 4.78 is 9.20. The predicted molar refractivity (Wildman–Crippen MR) is 59.4 cm³/mol. The van der Waals surface area contributed by atoms with E-state index in [1.165, 1.54) is 0 Å². The summed E-state index contributed by atoms with van der Waals surface area (Å²) in [5.41, 5.74) is 0. The molecule has 9 nitrogen and oxygen atoms in total. The maximum Gasteiger partial charge on any atom is 0.379 e. The minimum Gasteiger partial charge on any atom is -0.632 e. The number of nitrogens with zero attached hydrogens (tertiary/aromatic N) is 1. The van der Waals surface area contributed by atoms with Crippen LogP contribution in [0, 0.1) is 5.21 Å². The monoisotopic (exact) mass is 285 g/mol. The van der Waals surface area contributed by atoms with Crippen LogP contribution in [0.1, 0.15) is 19.3 Å². The molecule has 0 radical (unpaired) electrons. The highest BCUT2D eigenvalue weighted by Crippen LogP contribution is 2.38. The molecule has 0 aliphatic heterocycles. The largest absolute Gasteiger partial charge is 0.632 e. The third-order valence-electron chi connectivity index (χ3n) is 2.07. The van der Waals surface area contributed by atoms with Gasteiger partial charge in [-0.1, -0.05) is 0 Å². The van der Waals surface area contributed by atoms with Crippen LogP contribution in [0.15, 0.2) is 0 Å². The van der Waals surface area contributed by atoms with Crippen LogP contribution in [0.3, 0.4) is 0 Å². The van der Waals surface area contributed by atoms with E-state index in [1.54, 1.807) is 0 Å². The molecule has 1 atom stereocenters. The summed E-state index contributed by atoms with van der Waals surface area (Å²) in [5.74, 6) is -2.51. The van der Waals surface area contributed by atoms with E-state index in [0.29, 0.717) is 0 Å². The number of hydrogen-bond acceptors (Lipinski definition) is 4. The first kappa shape index (κ1) is 17.0. The van der Waals surface area contributed by atoms with Crippen molar-refractivity contribution in [3.63, 3.8) is 0 Å². The molecule has 106 valence electrons. The van der Waals surface area contributed by atoms with Crippen LogP contribution in [0.5, 0.6) is 0 Å². The number of rotatable bonds is 9. The zero-order valence-electron chi connectivity index (χ0n) is 9.56. The Kier molecular flexibility index (Phi) is 6.44. The normalized spacial score (nSPS) is 15.1. The van der Waals surface area contributed by atoms with Crippen LogP contribution < -0.4 is 0 Å². The van der Waals surface area contributed by atoms with Crippen molar-refractivity contribution in [2.45, 2.75) is 19.3 Å². The van der Waals surface area contributed by atoms with Crippen LogP contribution >= 0.6 is 7.60 Å². The lowest BCUT2D eigenvalue weighted by Crippen LogP contribution is -2.47. The van der Waals surface area contributed by atoms with Crippen molar-refractivity contribution < 1.29 is 38.8 Å². The summed E-state index contributed by atoms with van der Waals surface area (Å²) >= 11 is 0. The van der Waals surface area contributed by atoms with E-state index in [2.05, 4.69) is 0 Å². The number of hydrogen-bond donors (Lipinski definition) is 4. The number of unbranched alkanes of at least 4 members (excludes halogenated alkanes) is 1. The molecule has 0 spiro atoms. The molecule has 1 unspecified atom stereocenters. The van der Waals surface area contributed by atoms with Crippen LogP contribution in [0.25, 0.3) is 0 Å². The van der Waals surface area contributed by atoms with E-state index in [9.17, 15) is 19.4 Å². The number of aliphatic carboxylic acids is 2. The van der Waals surface area contributed by atoms with Gasteiger partial charge >= 0.3 is 19.5 Å². The average molecular weight is 285 g/mol. The van der Waals surface area contributed by atoms with Crippen molar-refractivity contribution in [3.05, 3.63) is 5.21 Å². The van der Waals surface area contributed by atoms with Gasteiger partial charge in [-0.25, -0.2) is 4.79 Å². The second-order valence-electron chi connectivity index (χ2n) is 3.99. The zero-order chi connectivity index (χ0) is 14.4. The van der Waals surface area contributed by atoms with Gasteiger partial charge in [-0.2, -0.15) is 0 Å². The van der Waals surface area contributed by atoms with Crippen molar-refractivity contribution >= 4 is 19.5 Å². The summed E-state index contributed by atoms with van der Waals surface area (Å²) in [5, 5.41) is 28.8. The molecule has 18 heavy (non-hydrogen) atoms. The molecule has 0 heterocycles. The third-order valence-corrected chi connectivity index (χ3v) is 2.96. The van der Waals surface area contributed by atoms with Crippen molar-refractivity contribution in [2.75, 3.05) is 19.4 Å². The number of carboxylic acid groups (broad SMARTS) is 2. The molecule has 0 aromatic rings. The average Bonchev–Trinajstić information content (AvgIpc) is 2.07. The highest BCUT2D eigenvalue weighted by atomic mass is 31.2. The highest BCUT2D eigenvalue weighted by Gasteiger charge is 2.30. The first-order valence-corrected chi connectivity index (χ1v) is 6.89.